The minimum atomic E-state index is 0.672. The molecule has 0 saturated heterocycles. The molecule has 0 radical (unpaired) electrons. The number of hydrogen-bond acceptors (Lipinski definition) is 4. The highest BCUT2D eigenvalue weighted by Gasteiger charge is 2.09. The quantitative estimate of drug-likeness (QED) is 0.643. The molecule has 0 spiro atoms. The number of rotatable bonds is 4. The fourth-order valence-corrected chi connectivity index (χ4v) is 2.75. The van der Waals surface area contributed by atoms with E-state index in [0.717, 1.165) is 11.4 Å². The summed E-state index contributed by atoms with van der Waals surface area (Å²) >= 11 is 1.75. The molecule has 0 aliphatic carbocycles. The molecule has 3 nitrogen and oxygen atoms in total. The number of furan rings is 1. The molecular formula is C16H15NO2S. The SMILES string of the molecule is Cc1ccc(SCc2cc(-c3ccco3)on2)cc1C. The molecule has 2 heterocycles. The van der Waals surface area contributed by atoms with Crippen molar-refractivity contribution in [3.63, 3.8) is 0 Å². The second-order valence-corrected chi connectivity index (χ2v) is 5.74. The van der Waals surface area contributed by atoms with Gasteiger partial charge in [-0.25, -0.2) is 0 Å². The third kappa shape index (κ3) is 2.80. The van der Waals surface area contributed by atoms with Gasteiger partial charge in [-0.3, -0.25) is 0 Å². The van der Waals surface area contributed by atoms with Crippen molar-refractivity contribution in [2.24, 2.45) is 0 Å². The zero-order valence-corrected chi connectivity index (χ0v) is 12.2. The summed E-state index contributed by atoms with van der Waals surface area (Å²) in [4.78, 5) is 1.25. The molecule has 4 heteroatoms. The Bertz CT molecular complexity index is 701. The van der Waals surface area contributed by atoms with Gasteiger partial charge in [0, 0.05) is 16.7 Å². The van der Waals surface area contributed by atoms with E-state index in [2.05, 4.69) is 37.2 Å². The fraction of sp³-hybridized carbons (Fsp3) is 0.188. The minimum Gasteiger partial charge on any atom is -0.461 e. The van der Waals surface area contributed by atoms with Crippen LogP contribution in [0.1, 0.15) is 16.8 Å². The summed E-state index contributed by atoms with van der Waals surface area (Å²) in [7, 11) is 0. The largest absolute Gasteiger partial charge is 0.461 e. The number of aromatic nitrogens is 1. The van der Waals surface area contributed by atoms with Crippen LogP contribution < -0.4 is 0 Å². The standard InChI is InChI=1S/C16H15NO2S/c1-11-5-6-14(8-12(11)2)20-10-13-9-16(19-17-13)15-4-3-7-18-15/h3-9H,10H2,1-2H3. The van der Waals surface area contributed by atoms with E-state index in [1.165, 1.54) is 16.0 Å². The Hall–Kier alpha value is -1.94. The number of nitrogens with zero attached hydrogens (tertiary/aromatic N) is 1. The fourth-order valence-electron chi connectivity index (χ4n) is 1.88. The zero-order valence-electron chi connectivity index (χ0n) is 11.4. The van der Waals surface area contributed by atoms with Crippen molar-refractivity contribution in [1.29, 1.82) is 0 Å². The highest BCUT2D eigenvalue weighted by Crippen LogP contribution is 2.27. The molecule has 0 aliphatic rings. The number of aryl methyl sites for hydroxylation is 2. The number of thioether (sulfide) groups is 1. The van der Waals surface area contributed by atoms with Gasteiger partial charge < -0.3 is 8.94 Å². The highest BCUT2D eigenvalue weighted by molar-refractivity contribution is 7.98. The van der Waals surface area contributed by atoms with Crippen LogP contribution >= 0.6 is 11.8 Å². The summed E-state index contributed by atoms with van der Waals surface area (Å²) in [6.45, 7) is 4.25. The molecule has 0 aliphatic heterocycles. The van der Waals surface area contributed by atoms with Crippen molar-refractivity contribution in [2.45, 2.75) is 24.5 Å². The van der Waals surface area contributed by atoms with Gasteiger partial charge >= 0.3 is 0 Å². The molecule has 20 heavy (non-hydrogen) atoms. The second kappa shape index (κ2) is 5.59. The summed E-state index contributed by atoms with van der Waals surface area (Å²) < 4.78 is 10.6. The van der Waals surface area contributed by atoms with E-state index in [1.807, 2.05) is 18.2 Å². The van der Waals surface area contributed by atoms with Crippen LogP contribution in [0.5, 0.6) is 0 Å². The van der Waals surface area contributed by atoms with Crippen LogP contribution in [0, 0.1) is 13.8 Å². The molecule has 2 aromatic heterocycles. The average Bonchev–Trinajstić information content (AvgIpc) is 3.09. The Labute approximate surface area is 122 Å². The van der Waals surface area contributed by atoms with E-state index in [0.29, 0.717) is 11.5 Å². The first-order chi connectivity index (χ1) is 9.72. The van der Waals surface area contributed by atoms with Crippen molar-refractivity contribution in [3.8, 4) is 11.5 Å². The van der Waals surface area contributed by atoms with Gasteiger partial charge in [0.15, 0.2) is 5.76 Å². The Morgan fingerprint density at radius 3 is 2.70 bits per heavy atom. The lowest BCUT2D eigenvalue weighted by atomic mass is 10.1. The predicted molar refractivity (Wildman–Crippen MR) is 79.7 cm³/mol. The number of hydrogen-bond donors (Lipinski definition) is 0. The van der Waals surface area contributed by atoms with E-state index in [9.17, 15) is 0 Å². The molecule has 3 aromatic rings. The van der Waals surface area contributed by atoms with Crippen LogP contribution in [-0.2, 0) is 5.75 Å². The molecule has 0 N–H and O–H groups in total. The van der Waals surface area contributed by atoms with Crippen LogP contribution in [0.2, 0.25) is 0 Å². The Kier molecular flexibility index (Phi) is 3.65. The average molecular weight is 285 g/mol. The smallest absolute Gasteiger partial charge is 0.202 e. The first kappa shape index (κ1) is 13.1. The maximum atomic E-state index is 5.28. The molecular weight excluding hydrogens is 270 g/mol. The van der Waals surface area contributed by atoms with E-state index < -0.39 is 0 Å². The van der Waals surface area contributed by atoms with E-state index >= 15 is 0 Å². The molecule has 0 fully saturated rings. The molecule has 1 aromatic carbocycles. The maximum absolute atomic E-state index is 5.28. The van der Waals surface area contributed by atoms with Gasteiger partial charge in [0.25, 0.3) is 0 Å². The topological polar surface area (TPSA) is 39.2 Å². The lowest BCUT2D eigenvalue weighted by Gasteiger charge is -2.03. The highest BCUT2D eigenvalue weighted by atomic mass is 32.2. The minimum absolute atomic E-state index is 0.672. The third-order valence-electron chi connectivity index (χ3n) is 3.19. The molecule has 0 amide bonds. The van der Waals surface area contributed by atoms with E-state index in [-0.39, 0.29) is 0 Å². The first-order valence-electron chi connectivity index (χ1n) is 6.42. The Balaban J connectivity index is 1.68. The van der Waals surface area contributed by atoms with Crippen LogP contribution in [0.15, 0.2) is 56.5 Å². The lowest BCUT2D eigenvalue weighted by Crippen LogP contribution is -1.83. The molecule has 102 valence electrons. The Morgan fingerprint density at radius 2 is 1.95 bits per heavy atom. The first-order valence-corrected chi connectivity index (χ1v) is 7.40. The molecule has 0 unspecified atom stereocenters. The van der Waals surface area contributed by atoms with Gasteiger partial charge in [-0.15, -0.1) is 11.8 Å². The summed E-state index contributed by atoms with van der Waals surface area (Å²) in [6, 6.07) is 12.1. The maximum Gasteiger partial charge on any atom is 0.202 e. The number of benzene rings is 1. The monoisotopic (exact) mass is 285 g/mol. The second-order valence-electron chi connectivity index (χ2n) is 4.69. The van der Waals surface area contributed by atoms with Gasteiger partial charge in [0.05, 0.1) is 12.0 Å². The van der Waals surface area contributed by atoms with Crippen molar-refractivity contribution < 1.29 is 8.94 Å². The summed E-state index contributed by atoms with van der Waals surface area (Å²) in [5, 5.41) is 4.07. The lowest BCUT2D eigenvalue weighted by molar-refractivity contribution is 0.413. The van der Waals surface area contributed by atoms with Gasteiger partial charge in [-0.05, 0) is 49.2 Å². The van der Waals surface area contributed by atoms with Crippen molar-refractivity contribution >= 4 is 11.8 Å². The van der Waals surface area contributed by atoms with Gasteiger partial charge in [0.1, 0.15) is 0 Å². The van der Waals surface area contributed by atoms with Crippen LogP contribution in [0.3, 0.4) is 0 Å². The van der Waals surface area contributed by atoms with Crippen LogP contribution in [0.4, 0.5) is 0 Å². The van der Waals surface area contributed by atoms with Gasteiger partial charge in [-0.2, -0.15) is 0 Å². The molecule has 0 saturated carbocycles. The third-order valence-corrected chi connectivity index (χ3v) is 4.22. The molecule has 0 atom stereocenters. The summed E-state index contributed by atoms with van der Waals surface area (Å²) in [6.07, 6.45) is 1.63. The molecule has 0 bridgehead atoms. The van der Waals surface area contributed by atoms with Crippen molar-refractivity contribution in [1.82, 2.24) is 5.16 Å². The van der Waals surface area contributed by atoms with Crippen LogP contribution in [0.25, 0.3) is 11.5 Å². The van der Waals surface area contributed by atoms with Crippen molar-refractivity contribution in [3.05, 3.63) is 59.5 Å². The van der Waals surface area contributed by atoms with Gasteiger partial charge in [0.2, 0.25) is 5.76 Å². The molecule has 3 rings (SSSR count). The van der Waals surface area contributed by atoms with Crippen LogP contribution in [-0.4, -0.2) is 5.16 Å². The van der Waals surface area contributed by atoms with E-state index in [1.54, 1.807) is 18.0 Å². The Morgan fingerprint density at radius 1 is 1.05 bits per heavy atom. The normalized spacial score (nSPS) is 10.9. The van der Waals surface area contributed by atoms with Gasteiger partial charge in [-0.1, -0.05) is 11.2 Å². The summed E-state index contributed by atoms with van der Waals surface area (Å²) in [5.74, 6) is 2.16. The zero-order chi connectivity index (χ0) is 13.9. The van der Waals surface area contributed by atoms with E-state index in [4.69, 9.17) is 8.94 Å². The van der Waals surface area contributed by atoms with Crippen molar-refractivity contribution in [2.75, 3.05) is 0 Å². The predicted octanol–water partition coefficient (Wildman–Crippen LogP) is 4.84. The summed E-state index contributed by atoms with van der Waals surface area (Å²) in [5.41, 5.74) is 3.54.